The molecule has 0 aliphatic heterocycles. The number of rotatable bonds is 2. The van der Waals surface area contributed by atoms with Gasteiger partial charge in [-0.2, -0.15) is 10.9 Å². The fourth-order valence-corrected chi connectivity index (χ4v) is 0.227. The summed E-state index contributed by atoms with van der Waals surface area (Å²) in [6, 6.07) is 0. The van der Waals surface area contributed by atoms with Crippen LogP contribution in [0, 0.1) is 0 Å². The lowest BCUT2D eigenvalue weighted by Crippen LogP contribution is -2.04. The Morgan fingerprint density at radius 3 is 3.00 bits per heavy atom. The Bertz CT molecular complexity index is 112. The number of carbonyl (C=O) groups is 1. The zero-order valence-corrected chi connectivity index (χ0v) is 4.78. The molecule has 5 nitrogen and oxygen atoms in total. The highest BCUT2D eigenvalue weighted by molar-refractivity contribution is 5.78. The third kappa shape index (κ3) is 4.92. The maximum Gasteiger partial charge on any atom is 0.451 e. The number of nitrogens with two attached hydrogens (primary N) is 1. The van der Waals surface area contributed by atoms with Gasteiger partial charge in [0.15, 0.2) is 0 Å². The highest BCUT2D eigenvalue weighted by Gasteiger charge is 1.89. The molecule has 0 saturated heterocycles. The number of amides is 1. The quantitative estimate of drug-likeness (QED) is 0.390. The van der Waals surface area contributed by atoms with Gasteiger partial charge in [-0.1, -0.05) is 0 Å². The van der Waals surface area contributed by atoms with Gasteiger partial charge in [0.1, 0.15) is 0 Å². The summed E-state index contributed by atoms with van der Waals surface area (Å²) in [6.45, 7) is -0.0403. The van der Waals surface area contributed by atoms with E-state index >= 15 is 0 Å². The summed E-state index contributed by atoms with van der Waals surface area (Å²) in [5.74, 6) is 4.43. The Labute approximate surface area is 52.1 Å². The third-order valence-corrected chi connectivity index (χ3v) is 0.556. The molecule has 0 rings (SSSR count). The fraction of sp³-hybridized carbons (Fsp3) is 0.500. The lowest BCUT2D eigenvalue weighted by molar-refractivity contribution is 0.159. The summed E-state index contributed by atoms with van der Waals surface area (Å²) in [7, 11) is 0. The Balaban J connectivity index is 3.32. The molecular formula is C4H8N2O3. The molecule has 0 aromatic rings. The van der Waals surface area contributed by atoms with Gasteiger partial charge in [-0.3, -0.25) is 0 Å². The van der Waals surface area contributed by atoms with Gasteiger partial charge in [-0.15, -0.1) is 0 Å². The van der Waals surface area contributed by atoms with E-state index in [1.54, 1.807) is 0 Å². The molecule has 0 spiro atoms. The molecule has 3 N–H and O–H groups in total. The second-order valence-corrected chi connectivity index (χ2v) is 1.21. The van der Waals surface area contributed by atoms with Crippen LogP contribution in [0.15, 0.2) is 4.99 Å². The summed E-state index contributed by atoms with van der Waals surface area (Å²) in [5, 5.41) is 8.18. The maximum absolute atomic E-state index is 10.1. The second kappa shape index (κ2) is 5.20. The minimum atomic E-state index is -0.858. The first kappa shape index (κ1) is 8.06. The summed E-state index contributed by atoms with van der Waals surface area (Å²) in [4.78, 5) is 16.9. The lowest BCUT2D eigenvalue weighted by atomic mass is 10.5. The van der Waals surface area contributed by atoms with Crippen LogP contribution in [0.1, 0.15) is 6.42 Å². The second-order valence-electron chi connectivity index (χ2n) is 1.21. The van der Waals surface area contributed by atoms with E-state index in [-0.39, 0.29) is 6.61 Å². The molecule has 0 aliphatic rings. The molecule has 9 heavy (non-hydrogen) atoms. The molecule has 0 saturated carbocycles. The standard InChI is InChI=1S/C4H8N2O3/c5-9-4(8)6-2-1-3-7/h2,7H,1,3,5H2. The molecule has 0 heterocycles. The summed E-state index contributed by atoms with van der Waals surface area (Å²) >= 11 is 0. The van der Waals surface area contributed by atoms with Crippen LogP contribution in [0.5, 0.6) is 0 Å². The minimum absolute atomic E-state index is 0.0403. The highest BCUT2D eigenvalue weighted by Crippen LogP contribution is 1.76. The first-order chi connectivity index (χ1) is 4.31. The van der Waals surface area contributed by atoms with Gasteiger partial charge in [-0.05, 0) is 0 Å². The summed E-state index contributed by atoms with van der Waals surface area (Å²) < 4.78 is 0. The molecule has 0 aromatic heterocycles. The van der Waals surface area contributed by atoms with Crippen LogP contribution in [0.25, 0.3) is 0 Å². The van der Waals surface area contributed by atoms with E-state index in [1.165, 1.54) is 6.21 Å². The van der Waals surface area contributed by atoms with E-state index in [2.05, 4.69) is 15.7 Å². The van der Waals surface area contributed by atoms with E-state index in [1.807, 2.05) is 0 Å². The van der Waals surface area contributed by atoms with Gasteiger partial charge in [0, 0.05) is 19.2 Å². The predicted molar refractivity (Wildman–Crippen MR) is 30.9 cm³/mol. The minimum Gasteiger partial charge on any atom is -0.396 e. The molecule has 0 fully saturated rings. The smallest absolute Gasteiger partial charge is 0.396 e. The van der Waals surface area contributed by atoms with Crippen molar-refractivity contribution in [2.45, 2.75) is 6.42 Å². The zero-order valence-electron chi connectivity index (χ0n) is 4.78. The van der Waals surface area contributed by atoms with Crippen molar-refractivity contribution in [2.24, 2.45) is 10.9 Å². The number of hydrogen-bond acceptors (Lipinski definition) is 4. The van der Waals surface area contributed by atoms with Crippen molar-refractivity contribution in [1.29, 1.82) is 0 Å². The number of aliphatic imine (C=N–C) groups is 1. The van der Waals surface area contributed by atoms with E-state index in [9.17, 15) is 4.79 Å². The Hall–Kier alpha value is -0.940. The van der Waals surface area contributed by atoms with Gasteiger partial charge >= 0.3 is 6.09 Å². The van der Waals surface area contributed by atoms with Gasteiger partial charge in [0.2, 0.25) is 0 Å². The van der Waals surface area contributed by atoms with Gasteiger partial charge in [0.05, 0.1) is 0 Å². The third-order valence-electron chi connectivity index (χ3n) is 0.556. The molecule has 0 unspecified atom stereocenters. The Kier molecular flexibility index (Phi) is 4.66. The molecular weight excluding hydrogens is 124 g/mol. The van der Waals surface area contributed by atoms with Crippen LogP contribution in [0.2, 0.25) is 0 Å². The highest BCUT2D eigenvalue weighted by atomic mass is 16.7. The average Bonchev–Trinajstić information content (AvgIpc) is 1.89. The number of aliphatic hydroxyl groups is 1. The molecule has 0 aromatic carbocycles. The molecule has 0 bridgehead atoms. The van der Waals surface area contributed by atoms with Crippen molar-refractivity contribution >= 4 is 12.3 Å². The topological polar surface area (TPSA) is 84.9 Å². The van der Waals surface area contributed by atoms with Crippen molar-refractivity contribution in [3.8, 4) is 0 Å². The van der Waals surface area contributed by atoms with Crippen molar-refractivity contribution in [1.82, 2.24) is 0 Å². The Morgan fingerprint density at radius 1 is 1.89 bits per heavy atom. The first-order valence-electron chi connectivity index (χ1n) is 2.35. The molecule has 52 valence electrons. The van der Waals surface area contributed by atoms with Crippen LogP contribution >= 0.6 is 0 Å². The number of hydrogen-bond donors (Lipinski definition) is 2. The van der Waals surface area contributed by atoms with Gasteiger partial charge < -0.3 is 9.94 Å². The van der Waals surface area contributed by atoms with Crippen molar-refractivity contribution in [2.75, 3.05) is 6.61 Å². The fourth-order valence-electron chi connectivity index (χ4n) is 0.227. The molecule has 0 radical (unpaired) electrons. The molecule has 0 atom stereocenters. The molecule has 1 amide bonds. The number of nitrogens with zero attached hydrogens (tertiary/aromatic N) is 1. The van der Waals surface area contributed by atoms with Gasteiger partial charge in [-0.25, -0.2) is 4.79 Å². The zero-order chi connectivity index (χ0) is 7.11. The predicted octanol–water partition coefficient (Wildman–Crippen LogP) is -0.550. The van der Waals surface area contributed by atoms with E-state index < -0.39 is 6.09 Å². The monoisotopic (exact) mass is 132 g/mol. The van der Waals surface area contributed by atoms with E-state index in [0.717, 1.165) is 0 Å². The lowest BCUT2D eigenvalue weighted by Gasteiger charge is -1.85. The Morgan fingerprint density at radius 2 is 2.56 bits per heavy atom. The normalized spacial score (nSPS) is 10.0. The largest absolute Gasteiger partial charge is 0.451 e. The number of carbonyl (C=O) groups excluding carboxylic acids is 1. The van der Waals surface area contributed by atoms with Crippen LogP contribution in [0.4, 0.5) is 4.79 Å². The van der Waals surface area contributed by atoms with Crippen molar-refractivity contribution in [3.63, 3.8) is 0 Å². The van der Waals surface area contributed by atoms with E-state index in [0.29, 0.717) is 6.42 Å². The summed E-state index contributed by atoms with van der Waals surface area (Å²) in [6.07, 6.45) is 0.702. The number of aliphatic hydroxyl groups excluding tert-OH is 1. The van der Waals surface area contributed by atoms with Crippen molar-refractivity contribution in [3.05, 3.63) is 0 Å². The average molecular weight is 132 g/mol. The first-order valence-corrected chi connectivity index (χ1v) is 2.35. The van der Waals surface area contributed by atoms with Crippen molar-refractivity contribution < 1.29 is 14.7 Å². The summed E-state index contributed by atoms with van der Waals surface area (Å²) in [5.41, 5.74) is 0. The van der Waals surface area contributed by atoms with Crippen LogP contribution < -0.4 is 5.90 Å². The maximum atomic E-state index is 10.1. The van der Waals surface area contributed by atoms with Crippen LogP contribution in [-0.2, 0) is 4.84 Å². The molecule has 5 heteroatoms. The van der Waals surface area contributed by atoms with Crippen LogP contribution in [0.3, 0.4) is 0 Å². The van der Waals surface area contributed by atoms with E-state index in [4.69, 9.17) is 5.11 Å². The molecule has 0 aliphatic carbocycles. The SMILES string of the molecule is NOC(=O)N=CCCO. The van der Waals surface area contributed by atoms with Gasteiger partial charge in [0.25, 0.3) is 0 Å². The van der Waals surface area contributed by atoms with Crippen LogP contribution in [-0.4, -0.2) is 24.0 Å².